The molecule has 0 unspecified atom stereocenters. The highest BCUT2D eigenvalue weighted by molar-refractivity contribution is 7.13. The number of aryl methyl sites for hydroxylation is 2. The van der Waals surface area contributed by atoms with Crippen LogP contribution in [0.15, 0.2) is 17.8 Å². The molecule has 0 saturated carbocycles. The third-order valence-corrected chi connectivity index (χ3v) is 2.82. The van der Waals surface area contributed by atoms with Crippen molar-refractivity contribution in [2.24, 2.45) is 7.05 Å². The molecule has 2 heterocycles. The molecule has 0 bridgehead atoms. The fourth-order valence-corrected chi connectivity index (χ4v) is 2.11. The number of thiazole rings is 1. The lowest BCUT2D eigenvalue weighted by Gasteiger charge is -1.96. The number of anilines is 2. The van der Waals surface area contributed by atoms with Crippen molar-refractivity contribution >= 4 is 22.2 Å². The molecule has 1 N–H and O–H groups in total. The van der Waals surface area contributed by atoms with Crippen molar-refractivity contribution < 1.29 is 0 Å². The van der Waals surface area contributed by atoms with Gasteiger partial charge in [-0.15, -0.1) is 11.3 Å². The summed E-state index contributed by atoms with van der Waals surface area (Å²) < 4.78 is 1.77. The first kappa shape index (κ1) is 10.2. The second-order valence-electron chi connectivity index (χ2n) is 3.42. The van der Waals surface area contributed by atoms with Crippen LogP contribution in [0.2, 0.25) is 0 Å². The zero-order chi connectivity index (χ0) is 10.7. The van der Waals surface area contributed by atoms with Crippen molar-refractivity contribution in [1.82, 2.24) is 14.8 Å². The van der Waals surface area contributed by atoms with Crippen molar-refractivity contribution in [1.29, 1.82) is 0 Å². The molecule has 0 aliphatic rings. The minimum Gasteiger partial charge on any atom is -0.329 e. The van der Waals surface area contributed by atoms with Crippen LogP contribution in [0.4, 0.5) is 10.8 Å². The summed E-state index contributed by atoms with van der Waals surface area (Å²) in [6, 6.07) is 0. The van der Waals surface area contributed by atoms with E-state index in [1.54, 1.807) is 22.2 Å². The van der Waals surface area contributed by atoms with Gasteiger partial charge < -0.3 is 5.32 Å². The predicted octanol–water partition coefficient (Wildman–Crippen LogP) is 2.57. The Morgan fingerprint density at radius 3 is 3.07 bits per heavy atom. The molecular formula is C10H14N4S. The maximum atomic E-state index is 4.47. The van der Waals surface area contributed by atoms with Gasteiger partial charge in [-0.25, -0.2) is 4.98 Å². The highest BCUT2D eigenvalue weighted by Gasteiger charge is 2.02. The molecule has 2 aromatic heterocycles. The molecule has 0 amide bonds. The lowest BCUT2D eigenvalue weighted by atomic mass is 10.3. The van der Waals surface area contributed by atoms with Gasteiger partial charge in [-0.3, -0.25) is 4.68 Å². The van der Waals surface area contributed by atoms with Crippen LogP contribution in [0.25, 0.3) is 0 Å². The average molecular weight is 222 g/mol. The van der Waals surface area contributed by atoms with Crippen LogP contribution in [-0.2, 0) is 13.5 Å². The highest BCUT2D eigenvalue weighted by atomic mass is 32.1. The molecule has 0 radical (unpaired) electrons. The Morgan fingerprint density at radius 2 is 2.40 bits per heavy atom. The zero-order valence-corrected chi connectivity index (χ0v) is 9.71. The fourth-order valence-electron chi connectivity index (χ4n) is 1.34. The molecule has 80 valence electrons. The minimum atomic E-state index is 0.937. The van der Waals surface area contributed by atoms with E-state index in [4.69, 9.17) is 0 Å². The molecule has 0 saturated heterocycles. The van der Waals surface area contributed by atoms with Crippen LogP contribution in [0.1, 0.15) is 19.0 Å². The van der Waals surface area contributed by atoms with Gasteiger partial charge in [0.15, 0.2) is 5.13 Å². The molecule has 0 atom stereocenters. The largest absolute Gasteiger partial charge is 0.329 e. The van der Waals surface area contributed by atoms with E-state index in [0.29, 0.717) is 0 Å². The number of rotatable bonds is 4. The maximum Gasteiger partial charge on any atom is 0.187 e. The summed E-state index contributed by atoms with van der Waals surface area (Å²) in [6.07, 6.45) is 5.91. The van der Waals surface area contributed by atoms with Crippen LogP contribution in [-0.4, -0.2) is 14.8 Å². The molecule has 2 aromatic rings. The second-order valence-corrected chi connectivity index (χ2v) is 4.28. The Bertz CT molecular complexity index is 432. The van der Waals surface area contributed by atoms with Crippen LogP contribution in [0.3, 0.4) is 0 Å². The molecule has 0 aliphatic heterocycles. The second kappa shape index (κ2) is 4.44. The van der Waals surface area contributed by atoms with E-state index in [1.807, 2.05) is 13.2 Å². The van der Waals surface area contributed by atoms with Crippen LogP contribution >= 0.6 is 11.3 Å². The first-order valence-electron chi connectivity index (χ1n) is 4.98. The van der Waals surface area contributed by atoms with Gasteiger partial charge in [-0.1, -0.05) is 13.3 Å². The first-order valence-corrected chi connectivity index (χ1v) is 5.86. The summed E-state index contributed by atoms with van der Waals surface area (Å²) in [6.45, 7) is 2.16. The molecule has 0 spiro atoms. The van der Waals surface area contributed by atoms with Gasteiger partial charge in [0.1, 0.15) is 0 Å². The summed E-state index contributed by atoms with van der Waals surface area (Å²) in [5, 5.41) is 10.4. The Balaban J connectivity index is 2.04. The predicted molar refractivity (Wildman–Crippen MR) is 62.6 cm³/mol. The Labute approximate surface area is 93.0 Å². The Morgan fingerprint density at radius 1 is 1.53 bits per heavy atom. The van der Waals surface area contributed by atoms with Crippen molar-refractivity contribution in [3.63, 3.8) is 0 Å². The first-order chi connectivity index (χ1) is 7.28. The van der Waals surface area contributed by atoms with Crippen molar-refractivity contribution in [3.05, 3.63) is 23.5 Å². The van der Waals surface area contributed by atoms with E-state index in [9.17, 15) is 0 Å². The van der Waals surface area contributed by atoms with Crippen molar-refractivity contribution in [2.45, 2.75) is 19.8 Å². The Kier molecular flexibility index (Phi) is 3.01. The van der Waals surface area contributed by atoms with Gasteiger partial charge >= 0.3 is 0 Å². The molecule has 5 heteroatoms. The van der Waals surface area contributed by atoms with E-state index in [1.165, 1.54) is 0 Å². The van der Waals surface area contributed by atoms with E-state index < -0.39 is 0 Å². The van der Waals surface area contributed by atoms with Crippen LogP contribution in [0.5, 0.6) is 0 Å². The lowest BCUT2D eigenvalue weighted by molar-refractivity contribution is 0.768. The Hall–Kier alpha value is -1.36. The van der Waals surface area contributed by atoms with E-state index >= 15 is 0 Å². The standard InChI is InChI=1S/C10H14N4S/c1-3-4-8-7-15-10(12-8)13-9-5-11-14(2)6-9/h5-7H,3-4H2,1-2H3,(H,12,13). The summed E-state index contributed by atoms with van der Waals surface area (Å²) >= 11 is 1.63. The SMILES string of the molecule is CCCc1csc(Nc2cnn(C)c2)n1. The molecular weight excluding hydrogens is 208 g/mol. The van der Waals surface area contributed by atoms with Crippen molar-refractivity contribution in [2.75, 3.05) is 5.32 Å². The van der Waals surface area contributed by atoms with Gasteiger partial charge in [-0.2, -0.15) is 5.10 Å². The average Bonchev–Trinajstić information content (AvgIpc) is 2.78. The molecule has 15 heavy (non-hydrogen) atoms. The smallest absolute Gasteiger partial charge is 0.187 e. The molecule has 0 aliphatic carbocycles. The number of nitrogens with zero attached hydrogens (tertiary/aromatic N) is 3. The topological polar surface area (TPSA) is 42.7 Å². The number of hydrogen-bond acceptors (Lipinski definition) is 4. The monoisotopic (exact) mass is 222 g/mol. The number of aromatic nitrogens is 3. The molecule has 2 rings (SSSR count). The van der Waals surface area contributed by atoms with Gasteiger partial charge in [0.2, 0.25) is 0 Å². The van der Waals surface area contributed by atoms with Crippen LogP contribution in [0, 0.1) is 0 Å². The summed E-state index contributed by atoms with van der Waals surface area (Å²) in [5.74, 6) is 0. The van der Waals surface area contributed by atoms with Gasteiger partial charge in [-0.05, 0) is 6.42 Å². The number of nitrogens with one attached hydrogen (secondary N) is 1. The fraction of sp³-hybridized carbons (Fsp3) is 0.400. The molecule has 0 fully saturated rings. The summed E-state index contributed by atoms with van der Waals surface area (Å²) in [5.41, 5.74) is 2.14. The van der Waals surface area contributed by atoms with Gasteiger partial charge in [0.05, 0.1) is 17.6 Å². The maximum absolute atomic E-state index is 4.47. The molecule has 0 aromatic carbocycles. The van der Waals surface area contributed by atoms with Crippen molar-refractivity contribution in [3.8, 4) is 0 Å². The van der Waals surface area contributed by atoms with E-state index in [0.717, 1.165) is 29.4 Å². The van der Waals surface area contributed by atoms with E-state index in [-0.39, 0.29) is 0 Å². The quantitative estimate of drug-likeness (QED) is 0.864. The third kappa shape index (κ3) is 2.56. The zero-order valence-electron chi connectivity index (χ0n) is 8.90. The number of hydrogen-bond donors (Lipinski definition) is 1. The van der Waals surface area contributed by atoms with Crippen LogP contribution < -0.4 is 5.32 Å². The summed E-state index contributed by atoms with van der Waals surface area (Å²) in [4.78, 5) is 4.47. The minimum absolute atomic E-state index is 0.937. The third-order valence-electron chi connectivity index (χ3n) is 2.01. The molecule has 4 nitrogen and oxygen atoms in total. The summed E-state index contributed by atoms with van der Waals surface area (Å²) in [7, 11) is 1.90. The lowest BCUT2D eigenvalue weighted by Crippen LogP contribution is -1.89. The van der Waals surface area contributed by atoms with E-state index in [2.05, 4.69) is 27.7 Å². The highest BCUT2D eigenvalue weighted by Crippen LogP contribution is 2.20. The van der Waals surface area contributed by atoms with Gasteiger partial charge in [0, 0.05) is 18.6 Å². The normalized spacial score (nSPS) is 10.5. The van der Waals surface area contributed by atoms with Gasteiger partial charge in [0.25, 0.3) is 0 Å².